The Balaban J connectivity index is 1.61. The van der Waals surface area contributed by atoms with E-state index in [2.05, 4.69) is 5.32 Å². The van der Waals surface area contributed by atoms with Gasteiger partial charge >= 0.3 is 0 Å². The van der Waals surface area contributed by atoms with Crippen LogP contribution in [0.2, 0.25) is 5.02 Å². The van der Waals surface area contributed by atoms with Crippen LogP contribution in [-0.2, 0) is 22.6 Å². The van der Waals surface area contributed by atoms with E-state index in [-0.39, 0.29) is 36.8 Å². The average molecular weight is 509 g/mol. The van der Waals surface area contributed by atoms with Crippen molar-refractivity contribution in [2.75, 3.05) is 6.61 Å². The number of nitrogens with zero attached hydrogens (tertiary/aromatic N) is 1. The molecule has 1 fully saturated rings. The smallest absolute Gasteiger partial charge is 0.261 e. The van der Waals surface area contributed by atoms with E-state index < -0.39 is 6.04 Å². The molecule has 5 nitrogen and oxygen atoms in total. The highest BCUT2D eigenvalue weighted by atomic mass is 35.5. The number of carbonyl (C=O) groups is 2. The lowest BCUT2D eigenvalue weighted by molar-refractivity contribution is -0.143. The van der Waals surface area contributed by atoms with Crippen LogP contribution in [0.15, 0.2) is 78.9 Å². The van der Waals surface area contributed by atoms with Crippen LogP contribution in [0.5, 0.6) is 5.75 Å². The molecule has 0 saturated heterocycles. The highest BCUT2D eigenvalue weighted by Crippen LogP contribution is 2.24. The largest absolute Gasteiger partial charge is 0.482 e. The minimum atomic E-state index is -0.764. The van der Waals surface area contributed by atoms with Gasteiger partial charge in [-0.2, -0.15) is 0 Å². The van der Waals surface area contributed by atoms with Crippen LogP contribution in [0.4, 0.5) is 4.39 Å². The van der Waals surface area contributed by atoms with Gasteiger partial charge in [-0.05, 0) is 48.2 Å². The van der Waals surface area contributed by atoms with E-state index >= 15 is 0 Å². The zero-order chi connectivity index (χ0) is 25.3. The molecule has 7 heteroatoms. The Labute approximate surface area is 216 Å². The molecule has 0 aromatic heterocycles. The number of carbonyl (C=O) groups excluding carboxylic acids is 2. The van der Waals surface area contributed by atoms with Crippen LogP contribution in [0.25, 0.3) is 0 Å². The maximum absolute atomic E-state index is 13.6. The zero-order valence-corrected chi connectivity index (χ0v) is 20.8. The van der Waals surface area contributed by atoms with E-state index in [1.807, 2.05) is 30.3 Å². The SMILES string of the molecule is O=C(NC1CCCC1)C(Cc1ccccc1)N(Cc1ccc(F)cc1)C(=O)COc1ccccc1Cl. The minimum absolute atomic E-state index is 0.109. The summed E-state index contributed by atoms with van der Waals surface area (Å²) < 4.78 is 19.3. The number of hydrogen-bond donors (Lipinski definition) is 1. The number of benzene rings is 3. The molecule has 3 aromatic rings. The molecule has 1 aliphatic carbocycles. The van der Waals surface area contributed by atoms with Gasteiger partial charge in [0.2, 0.25) is 5.91 Å². The fourth-order valence-corrected chi connectivity index (χ4v) is 4.68. The topological polar surface area (TPSA) is 58.6 Å². The van der Waals surface area contributed by atoms with Gasteiger partial charge in [0.1, 0.15) is 17.6 Å². The number of amides is 2. The number of para-hydroxylation sites is 1. The lowest BCUT2D eigenvalue weighted by Gasteiger charge is -2.32. The Morgan fingerprint density at radius 2 is 1.61 bits per heavy atom. The minimum Gasteiger partial charge on any atom is -0.482 e. The Kier molecular flexibility index (Phi) is 8.95. The highest BCUT2D eigenvalue weighted by Gasteiger charge is 2.32. The number of nitrogens with one attached hydrogen (secondary N) is 1. The van der Waals surface area contributed by atoms with Gasteiger partial charge in [-0.15, -0.1) is 0 Å². The van der Waals surface area contributed by atoms with Gasteiger partial charge in [0.25, 0.3) is 5.91 Å². The zero-order valence-electron chi connectivity index (χ0n) is 20.0. The summed E-state index contributed by atoms with van der Waals surface area (Å²) in [7, 11) is 0. The molecule has 188 valence electrons. The third-order valence-electron chi connectivity index (χ3n) is 6.43. The van der Waals surface area contributed by atoms with Crippen molar-refractivity contribution in [1.82, 2.24) is 10.2 Å². The fraction of sp³-hybridized carbons (Fsp3) is 0.310. The van der Waals surface area contributed by atoms with E-state index in [0.29, 0.717) is 22.8 Å². The second-order valence-electron chi connectivity index (χ2n) is 9.06. The predicted molar refractivity (Wildman–Crippen MR) is 138 cm³/mol. The average Bonchev–Trinajstić information content (AvgIpc) is 3.40. The summed E-state index contributed by atoms with van der Waals surface area (Å²) in [6, 6.07) is 21.8. The Bertz CT molecular complexity index is 1150. The lowest BCUT2D eigenvalue weighted by atomic mass is 10.0. The second kappa shape index (κ2) is 12.5. The molecular weight excluding hydrogens is 479 g/mol. The van der Waals surface area contributed by atoms with Crippen LogP contribution in [-0.4, -0.2) is 35.4 Å². The van der Waals surface area contributed by atoms with Gasteiger partial charge in [0, 0.05) is 19.0 Å². The standard InChI is InChI=1S/C29H30ClFN2O3/c30-25-12-6-7-13-27(25)36-20-28(34)33(19-22-14-16-23(31)17-15-22)26(18-21-8-2-1-3-9-21)29(35)32-24-10-4-5-11-24/h1-3,6-9,12-17,24,26H,4-5,10-11,18-20H2,(H,32,35). The predicted octanol–water partition coefficient (Wildman–Crippen LogP) is 5.56. The summed E-state index contributed by atoms with van der Waals surface area (Å²) in [5, 5.41) is 3.56. The summed E-state index contributed by atoms with van der Waals surface area (Å²) in [5.74, 6) is -0.525. The van der Waals surface area contributed by atoms with Gasteiger partial charge in [0.05, 0.1) is 5.02 Å². The normalized spacial score (nSPS) is 14.3. The molecule has 1 atom stereocenters. The van der Waals surface area contributed by atoms with E-state index in [1.165, 1.54) is 17.0 Å². The molecule has 1 N–H and O–H groups in total. The lowest BCUT2D eigenvalue weighted by Crippen LogP contribution is -2.53. The summed E-state index contributed by atoms with van der Waals surface area (Å²) >= 11 is 6.20. The van der Waals surface area contributed by atoms with Crippen molar-refractivity contribution in [3.05, 3.63) is 101 Å². The molecule has 1 unspecified atom stereocenters. The summed E-state index contributed by atoms with van der Waals surface area (Å²) in [6.07, 6.45) is 4.38. The van der Waals surface area contributed by atoms with Crippen LogP contribution >= 0.6 is 11.6 Å². The van der Waals surface area contributed by atoms with Crippen molar-refractivity contribution in [2.24, 2.45) is 0 Å². The number of ether oxygens (including phenoxy) is 1. The molecule has 4 rings (SSSR count). The van der Waals surface area contributed by atoms with Gasteiger partial charge in [-0.25, -0.2) is 4.39 Å². The van der Waals surface area contributed by atoms with Gasteiger partial charge in [0.15, 0.2) is 6.61 Å². The van der Waals surface area contributed by atoms with Crippen LogP contribution in [0.3, 0.4) is 0 Å². The van der Waals surface area contributed by atoms with Crippen molar-refractivity contribution in [3.63, 3.8) is 0 Å². The summed E-state index contributed by atoms with van der Waals surface area (Å²) in [5.41, 5.74) is 1.65. The molecule has 0 spiro atoms. The van der Waals surface area contributed by atoms with Crippen molar-refractivity contribution < 1.29 is 18.7 Å². The molecule has 0 bridgehead atoms. The molecule has 2 amide bonds. The maximum Gasteiger partial charge on any atom is 0.261 e. The van der Waals surface area contributed by atoms with E-state index in [4.69, 9.17) is 16.3 Å². The summed E-state index contributed by atoms with van der Waals surface area (Å²) in [6.45, 7) is -0.145. The fourth-order valence-electron chi connectivity index (χ4n) is 4.49. The third kappa shape index (κ3) is 7.08. The Morgan fingerprint density at radius 1 is 0.944 bits per heavy atom. The Hall–Kier alpha value is -3.38. The molecule has 0 radical (unpaired) electrons. The number of hydrogen-bond acceptors (Lipinski definition) is 3. The van der Waals surface area contributed by atoms with E-state index in [0.717, 1.165) is 31.2 Å². The van der Waals surface area contributed by atoms with Gasteiger partial charge in [-0.3, -0.25) is 9.59 Å². The third-order valence-corrected chi connectivity index (χ3v) is 6.74. The van der Waals surface area contributed by atoms with Crippen LogP contribution in [0, 0.1) is 5.82 Å². The first kappa shape index (κ1) is 25.7. The van der Waals surface area contributed by atoms with E-state index in [1.54, 1.807) is 36.4 Å². The quantitative estimate of drug-likeness (QED) is 0.390. The first-order chi connectivity index (χ1) is 17.5. The number of halogens is 2. The van der Waals surface area contributed by atoms with E-state index in [9.17, 15) is 14.0 Å². The van der Waals surface area contributed by atoms with Crippen molar-refractivity contribution >= 4 is 23.4 Å². The molecule has 0 aliphatic heterocycles. The van der Waals surface area contributed by atoms with Crippen LogP contribution in [0.1, 0.15) is 36.8 Å². The van der Waals surface area contributed by atoms with Crippen molar-refractivity contribution in [2.45, 2.75) is 50.7 Å². The molecule has 36 heavy (non-hydrogen) atoms. The first-order valence-corrected chi connectivity index (χ1v) is 12.6. The first-order valence-electron chi connectivity index (χ1n) is 12.2. The van der Waals surface area contributed by atoms with Gasteiger partial charge < -0.3 is 15.0 Å². The maximum atomic E-state index is 13.6. The van der Waals surface area contributed by atoms with Gasteiger partial charge in [-0.1, -0.05) is 79.0 Å². The van der Waals surface area contributed by atoms with Crippen molar-refractivity contribution in [1.29, 1.82) is 0 Å². The molecule has 3 aromatic carbocycles. The monoisotopic (exact) mass is 508 g/mol. The Morgan fingerprint density at radius 3 is 2.31 bits per heavy atom. The molecule has 0 heterocycles. The van der Waals surface area contributed by atoms with Crippen molar-refractivity contribution in [3.8, 4) is 5.75 Å². The summed E-state index contributed by atoms with van der Waals surface area (Å²) in [4.78, 5) is 28.7. The molecule has 1 aliphatic rings. The second-order valence-corrected chi connectivity index (χ2v) is 9.47. The molecular formula is C29H30ClFN2O3. The molecule has 1 saturated carbocycles. The van der Waals surface area contributed by atoms with Crippen LogP contribution < -0.4 is 10.1 Å². The number of rotatable bonds is 10. The highest BCUT2D eigenvalue weighted by molar-refractivity contribution is 6.32.